The molecule has 138 valence electrons. The number of fused-ring (bicyclic) bond motifs is 1. The monoisotopic (exact) mass is 435 g/mol. The first-order chi connectivity index (χ1) is 13.6. The number of hydrogen-bond acceptors (Lipinski definition) is 7. The average Bonchev–Trinajstić information content (AvgIpc) is 2.72. The van der Waals surface area contributed by atoms with Crippen LogP contribution in [-0.4, -0.2) is 38.4 Å². The van der Waals surface area contributed by atoms with E-state index >= 15 is 0 Å². The number of pyridine rings is 1. The van der Waals surface area contributed by atoms with Gasteiger partial charge in [-0.25, -0.2) is 24.9 Å². The molecule has 0 radical (unpaired) electrons. The van der Waals surface area contributed by atoms with Crippen molar-refractivity contribution in [3.8, 4) is 22.4 Å². The molecule has 0 saturated carbocycles. The number of hydrogen-bond donors (Lipinski definition) is 1. The van der Waals surface area contributed by atoms with Gasteiger partial charge < -0.3 is 5.73 Å². The lowest BCUT2D eigenvalue weighted by Gasteiger charge is -2.12. The zero-order valence-corrected chi connectivity index (χ0v) is 16.3. The predicted octanol–water partition coefficient (Wildman–Crippen LogP) is 3.09. The third-order valence-electron chi connectivity index (χ3n) is 4.18. The van der Waals surface area contributed by atoms with Crippen LogP contribution in [0.2, 0.25) is 0 Å². The van der Waals surface area contributed by atoms with E-state index in [1.165, 1.54) is 11.2 Å². The first-order valence-electron chi connectivity index (χ1n) is 8.24. The highest BCUT2D eigenvalue weighted by Crippen LogP contribution is 2.34. The molecular weight excluding hydrogens is 422 g/mol. The van der Waals surface area contributed by atoms with E-state index in [2.05, 4.69) is 40.8 Å². The number of nitrogens with zero attached hydrogens (tertiary/aromatic N) is 6. The van der Waals surface area contributed by atoms with Crippen LogP contribution in [0.25, 0.3) is 33.4 Å². The fraction of sp³-hybridized carbons (Fsp3) is 0.0526. The quantitative estimate of drug-likeness (QED) is 0.490. The van der Waals surface area contributed by atoms with Crippen LogP contribution < -0.4 is 10.6 Å². The van der Waals surface area contributed by atoms with Crippen LogP contribution in [0.4, 0.5) is 11.8 Å². The van der Waals surface area contributed by atoms with Crippen molar-refractivity contribution in [1.29, 1.82) is 0 Å². The van der Waals surface area contributed by atoms with Gasteiger partial charge in [0.05, 0.1) is 11.1 Å². The van der Waals surface area contributed by atoms with Gasteiger partial charge in [0.25, 0.3) is 0 Å². The van der Waals surface area contributed by atoms with Gasteiger partial charge in [-0.15, -0.1) is 0 Å². The number of anilines is 2. The highest BCUT2D eigenvalue weighted by atomic mass is 79.9. The van der Waals surface area contributed by atoms with Crippen LogP contribution in [-0.2, 0) is 4.79 Å². The van der Waals surface area contributed by atoms with Crippen molar-refractivity contribution in [3.05, 3.63) is 53.5 Å². The standard InChI is InChI=1S/C19H14BrN7O/c1-27(10-28)19-22-7-12(8-23-19)15-6-14(11-3-2-4-13(20)5-11)16-17(21)24-9-25-18(16)26-15/h2-10H,1H3,(H2,21,24,25,26). The summed E-state index contributed by atoms with van der Waals surface area (Å²) >= 11 is 3.50. The summed E-state index contributed by atoms with van der Waals surface area (Å²) in [7, 11) is 1.58. The number of nitrogens with two attached hydrogens (primary N) is 1. The fourth-order valence-corrected chi connectivity index (χ4v) is 3.20. The summed E-state index contributed by atoms with van der Waals surface area (Å²) in [5.41, 5.74) is 9.74. The normalized spacial score (nSPS) is 10.8. The van der Waals surface area contributed by atoms with Gasteiger partial charge in [-0.05, 0) is 29.3 Å². The molecular formula is C19H14BrN7O. The smallest absolute Gasteiger partial charge is 0.231 e. The minimum absolute atomic E-state index is 0.304. The summed E-state index contributed by atoms with van der Waals surface area (Å²) in [5, 5.41) is 0.683. The number of nitrogen functional groups attached to an aromatic ring is 1. The summed E-state index contributed by atoms with van der Waals surface area (Å²) in [4.78, 5) is 33.6. The van der Waals surface area contributed by atoms with E-state index in [1.807, 2.05) is 30.3 Å². The molecule has 1 aromatic carbocycles. The zero-order valence-electron chi connectivity index (χ0n) is 14.7. The van der Waals surface area contributed by atoms with Gasteiger partial charge in [0.2, 0.25) is 12.4 Å². The number of carbonyl (C=O) groups is 1. The van der Waals surface area contributed by atoms with Crippen molar-refractivity contribution in [2.24, 2.45) is 0 Å². The Morgan fingerprint density at radius 1 is 1.07 bits per heavy atom. The average molecular weight is 436 g/mol. The molecule has 1 amide bonds. The Kier molecular flexibility index (Phi) is 4.66. The van der Waals surface area contributed by atoms with Crippen molar-refractivity contribution in [1.82, 2.24) is 24.9 Å². The molecule has 9 heteroatoms. The van der Waals surface area contributed by atoms with Crippen LogP contribution in [0.1, 0.15) is 0 Å². The van der Waals surface area contributed by atoms with Crippen LogP contribution in [0, 0.1) is 0 Å². The predicted molar refractivity (Wildman–Crippen MR) is 110 cm³/mol. The van der Waals surface area contributed by atoms with E-state index < -0.39 is 0 Å². The Morgan fingerprint density at radius 2 is 1.86 bits per heavy atom. The van der Waals surface area contributed by atoms with Crippen LogP contribution in [0.3, 0.4) is 0 Å². The van der Waals surface area contributed by atoms with E-state index in [0.29, 0.717) is 40.5 Å². The first kappa shape index (κ1) is 17.9. The molecule has 8 nitrogen and oxygen atoms in total. The van der Waals surface area contributed by atoms with E-state index in [9.17, 15) is 4.79 Å². The second kappa shape index (κ2) is 7.28. The Balaban J connectivity index is 1.92. The maximum absolute atomic E-state index is 10.9. The lowest BCUT2D eigenvalue weighted by Crippen LogP contribution is -2.16. The number of benzene rings is 1. The highest BCUT2D eigenvalue weighted by molar-refractivity contribution is 9.10. The Labute approximate surface area is 168 Å². The molecule has 2 N–H and O–H groups in total. The van der Waals surface area contributed by atoms with Gasteiger partial charge in [0.15, 0.2) is 5.65 Å². The van der Waals surface area contributed by atoms with E-state index in [4.69, 9.17) is 5.73 Å². The number of aromatic nitrogens is 5. The molecule has 0 spiro atoms. The SMILES string of the molecule is CN(C=O)c1ncc(-c2cc(-c3cccc(Br)c3)c3c(N)ncnc3n2)cn1. The van der Waals surface area contributed by atoms with Crippen molar-refractivity contribution in [2.75, 3.05) is 17.7 Å². The summed E-state index contributed by atoms with van der Waals surface area (Å²) in [6, 6.07) is 9.77. The molecule has 0 fully saturated rings. The van der Waals surface area contributed by atoms with Crippen LogP contribution in [0.5, 0.6) is 0 Å². The molecule has 28 heavy (non-hydrogen) atoms. The van der Waals surface area contributed by atoms with Gasteiger partial charge in [0, 0.05) is 29.5 Å². The lowest BCUT2D eigenvalue weighted by molar-refractivity contribution is -0.107. The van der Waals surface area contributed by atoms with E-state index in [-0.39, 0.29) is 0 Å². The van der Waals surface area contributed by atoms with Gasteiger partial charge in [-0.3, -0.25) is 9.69 Å². The Morgan fingerprint density at radius 3 is 2.57 bits per heavy atom. The fourth-order valence-electron chi connectivity index (χ4n) is 2.80. The maximum atomic E-state index is 10.9. The molecule has 0 aliphatic carbocycles. The van der Waals surface area contributed by atoms with Gasteiger partial charge in [0.1, 0.15) is 12.1 Å². The second-order valence-corrected chi connectivity index (χ2v) is 6.93. The first-order valence-corrected chi connectivity index (χ1v) is 9.04. The molecule has 0 aliphatic heterocycles. The van der Waals surface area contributed by atoms with Crippen LogP contribution in [0.15, 0.2) is 53.5 Å². The van der Waals surface area contributed by atoms with E-state index in [0.717, 1.165) is 15.6 Å². The molecule has 0 atom stereocenters. The lowest BCUT2D eigenvalue weighted by atomic mass is 10.0. The molecule has 0 unspecified atom stereocenters. The largest absolute Gasteiger partial charge is 0.383 e. The van der Waals surface area contributed by atoms with Gasteiger partial charge >= 0.3 is 0 Å². The molecule has 3 aromatic heterocycles. The third-order valence-corrected chi connectivity index (χ3v) is 4.67. The van der Waals surface area contributed by atoms with Crippen molar-refractivity contribution in [2.45, 2.75) is 0 Å². The molecule has 4 aromatic rings. The molecule has 4 rings (SSSR count). The zero-order chi connectivity index (χ0) is 19.7. The summed E-state index contributed by atoms with van der Waals surface area (Å²) < 4.78 is 0.941. The van der Waals surface area contributed by atoms with Gasteiger partial charge in [-0.1, -0.05) is 28.1 Å². The van der Waals surface area contributed by atoms with Crippen LogP contribution >= 0.6 is 15.9 Å². The summed E-state index contributed by atoms with van der Waals surface area (Å²) in [6.45, 7) is 0. The summed E-state index contributed by atoms with van der Waals surface area (Å²) in [6.07, 6.45) is 5.27. The highest BCUT2D eigenvalue weighted by Gasteiger charge is 2.14. The second-order valence-electron chi connectivity index (χ2n) is 6.01. The third kappa shape index (κ3) is 3.27. The topological polar surface area (TPSA) is 111 Å². The minimum atomic E-state index is 0.304. The number of carbonyl (C=O) groups excluding carboxylic acids is 1. The summed E-state index contributed by atoms with van der Waals surface area (Å²) in [5.74, 6) is 0.663. The van der Waals surface area contributed by atoms with Crippen molar-refractivity contribution in [3.63, 3.8) is 0 Å². The number of amides is 1. The molecule has 0 bridgehead atoms. The van der Waals surface area contributed by atoms with E-state index in [1.54, 1.807) is 19.4 Å². The number of halogens is 1. The van der Waals surface area contributed by atoms with Crippen molar-refractivity contribution >= 4 is 45.1 Å². The Bertz CT molecular complexity index is 1180. The minimum Gasteiger partial charge on any atom is -0.383 e. The Hall–Kier alpha value is -3.46. The molecule has 0 aliphatic rings. The maximum Gasteiger partial charge on any atom is 0.231 e. The number of rotatable bonds is 4. The van der Waals surface area contributed by atoms with Crippen molar-refractivity contribution < 1.29 is 4.79 Å². The molecule has 0 saturated heterocycles. The molecule has 3 heterocycles. The van der Waals surface area contributed by atoms with Gasteiger partial charge in [-0.2, -0.15) is 0 Å².